The van der Waals surface area contributed by atoms with Gasteiger partial charge in [0.2, 0.25) is 0 Å². The van der Waals surface area contributed by atoms with Crippen molar-refractivity contribution in [2.24, 2.45) is 0 Å². The van der Waals surface area contributed by atoms with E-state index in [4.69, 9.17) is 28.6 Å². The van der Waals surface area contributed by atoms with E-state index in [1.165, 1.54) is 29.7 Å². The zero-order valence-electron chi connectivity index (χ0n) is 18.9. The number of halogens is 1. The lowest BCUT2D eigenvalue weighted by Crippen LogP contribution is -2.36. The van der Waals surface area contributed by atoms with Crippen molar-refractivity contribution in [3.63, 3.8) is 0 Å². The number of benzene rings is 2. The second-order valence-electron chi connectivity index (χ2n) is 8.16. The average molecular weight is 460 g/mol. The maximum atomic E-state index is 6.29. The number of thiocarbonyl (C=S) groups is 1. The van der Waals surface area contributed by atoms with Crippen molar-refractivity contribution in [1.82, 2.24) is 4.90 Å². The summed E-state index contributed by atoms with van der Waals surface area (Å²) in [7, 11) is 1.74. The maximum Gasteiger partial charge on any atom is 0.173 e. The van der Waals surface area contributed by atoms with E-state index in [1.807, 2.05) is 25.1 Å². The molecule has 1 N–H and O–H groups in total. The van der Waals surface area contributed by atoms with Crippen LogP contribution in [0.5, 0.6) is 0 Å². The Morgan fingerprint density at radius 3 is 2.90 bits per heavy atom. The highest BCUT2D eigenvalue weighted by Gasteiger charge is 2.18. The van der Waals surface area contributed by atoms with Crippen LogP contribution in [0.2, 0.25) is 5.02 Å². The number of hydrogen-bond donors (Lipinski definition) is 1. The monoisotopic (exact) mass is 459 g/mol. The number of hydrogen-bond acceptors (Lipinski definition) is 3. The van der Waals surface area contributed by atoms with Crippen molar-refractivity contribution in [2.75, 3.05) is 43.6 Å². The molecule has 0 saturated carbocycles. The van der Waals surface area contributed by atoms with Crippen molar-refractivity contribution in [3.8, 4) is 0 Å². The number of nitrogens with zero attached hydrogens (tertiary/aromatic N) is 2. The molecule has 1 aliphatic heterocycles. The van der Waals surface area contributed by atoms with E-state index in [1.54, 1.807) is 7.11 Å². The van der Waals surface area contributed by atoms with E-state index < -0.39 is 0 Å². The Balaban J connectivity index is 1.76. The van der Waals surface area contributed by atoms with E-state index in [9.17, 15) is 0 Å². The van der Waals surface area contributed by atoms with Crippen molar-refractivity contribution in [2.45, 2.75) is 46.1 Å². The summed E-state index contributed by atoms with van der Waals surface area (Å²) in [6, 6.07) is 12.8. The molecule has 168 valence electrons. The molecule has 3 rings (SSSR count). The van der Waals surface area contributed by atoms with E-state index in [-0.39, 0.29) is 0 Å². The molecular formula is C25H34ClN3OS. The van der Waals surface area contributed by atoms with Crippen LogP contribution in [0.4, 0.5) is 11.4 Å². The van der Waals surface area contributed by atoms with Gasteiger partial charge in [-0.15, -0.1) is 0 Å². The average Bonchev–Trinajstić information content (AvgIpc) is 2.76. The van der Waals surface area contributed by atoms with Crippen LogP contribution in [0.15, 0.2) is 36.4 Å². The van der Waals surface area contributed by atoms with Gasteiger partial charge in [-0.1, -0.05) is 36.7 Å². The topological polar surface area (TPSA) is 27.7 Å². The van der Waals surface area contributed by atoms with Crippen molar-refractivity contribution in [3.05, 3.63) is 58.1 Å². The first-order chi connectivity index (χ1) is 15.0. The van der Waals surface area contributed by atoms with E-state index in [0.717, 1.165) is 55.3 Å². The number of methoxy groups -OCH3 is 1. The van der Waals surface area contributed by atoms with Gasteiger partial charge in [0.1, 0.15) is 0 Å². The highest BCUT2D eigenvalue weighted by Crippen LogP contribution is 2.29. The first kappa shape index (κ1) is 23.8. The Morgan fingerprint density at radius 2 is 2.13 bits per heavy atom. The van der Waals surface area contributed by atoms with Crippen molar-refractivity contribution < 1.29 is 4.74 Å². The lowest BCUT2D eigenvalue weighted by atomic mass is 9.99. The quantitative estimate of drug-likeness (QED) is 0.364. The highest BCUT2D eigenvalue weighted by molar-refractivity contribution is 7.80. The lowest BCUT2D eigenvalue weighted by molar-refractivity contribution is 0.185. The Hall–Kier alpha value is -1.82. The number of aryl methyl sites for hydroxylation is 1. The zero-order chi connectivity index (χ0) is 22.2. The summed E-state index contributed by atoms with van der Waals surface area (Å²) in [5.41, 5.74) is 6.11. The second-order valence-corrected chi connectivity index (χ2v) is 8.96. The largest absolute Gasteiger partial charge is 0.385 e. The molecular weight excluding hydrogens is 426 g/mol. The van der Waals surface area contributed by atoms with Crippen molar-refractivity contribution in [1.29, 1.82) is 0 Å². The summed E-state index contributed by atoms with van der Waals surface area (Å²) in [5.74, 6) is 0. The summed E-state index contributed by atoms with van der Waals surface area (Å²) in [6.07, 6.45) is 4.47. The lowest BCUT2D eigenvalue weighted by Gasteiger charge is -2.32. The summed E-state index contributed by atoms with van der Waals surface area (Å²) >= 11 is 12.1. The summed E-state index contributed by atoms with van der Waals surface area (Å²) in [6.45, 7) is 8.86. The van der Waals surface area contributed by atoms with Gasteiger partial charge in [0, 0.05) is 56.3 Å². The van der Waals surface area contributed by atoms with Crippen LogP contribution in [-0.4, -0.2) is 43.4 Å². The Labute approximate surface area is 197 Å². The summed E-state index contributed by atoms with van der Waals surface area (Å²) < 4.78 is 5.27. The third-order valence-electron chi connectivity index (χ3n) is 5.80. The van der Waals surface area contributed by atoms with Crippen LogP contribution in [-0.2, 0) is 17.7 Å². The fraction of sp³-hybridized carbons (Fsp3) is 0.480. The third-order valence-corrected chi connectivity index (χ3v) is 6.57. The highest BCUT2D eigenvalue weighted by atomic mass is 35.5. The summed E-state index contributed by atoms with van der Waals surface area (Å²) in [4.78, 5) is 4.75. The Kier molecular flexibility index (Phi) is 9.00. The van der Waals surface area contributed by atoms with E-state index in [2.05, 4.69) is 40.2 Å². The van der Waals surface area contributed by atoms with Gasteiger partial charge in [0.05, 0.1) is 0 Å². The van der Waals surface area contributed by atoms with Crippen LogP contribution < -0.4 is 10.2 Å². The van der Waals surface area contributed by atoms with Gasteiger partial charge in [-0.25, -0.2) is 0 Å². The van der Waals surface area contributed by atoms with Gasteiger partial charge < -0.3 is 19.9 Å². The van der Waals surface area contributed by atoms with Gasteiger partial charge in [-0.05, 0) is 79.7 Å². The maximum absolute atomic E-state index is 6.29. The molecule has 0 unspecified atom stereocenters. The summed E-state index contributed by atoms with van der Waals surface area (Å²) in [5, 5.41) is 4.86. The minimum absolute atomic E-state index is 0.714. The van der Waals surface area contributed by atoms with Crippen LogP contribution in [0.1, 0.15) is 42.9 Å². The fourth-order valence-corrected chi connectivity index (χ4v) is 4.58. The predicted molar refractivity (Wildman–Crippen MR) is 137 cm³/mol. The first-order valence-corrected chi connectivity index (χ1v) is 12.0. The minimum atomic E-state index is 0.714. The molecule has 6 heteroatoms. The molecule has 0 aromatic heterocycles. The fourth-order valence-electron chi connectivity index (χ4n) is 4.14. The zero-order valence-corrected chi connectivity index (χ0v) is 20.5. The van der Waals surface area contributed by atoms with Crippen LogP contribution >= 0.6 is 23.8 Å². The van der Waals surface area contributed by atoms with Gasteiger partial charge in [0.15, 0.2) is 5.11 Å². The molecule has 0 aliphatic carbocycles. The van der Waals surface area contributed by atoms with Gasteiger partial charge in [-0.3, -0.25) is 0 Å². The molecule has 0 radical (unpaired) electrons. The normalized spacial score (nSPS) is 13.1. The third kappa shape index (κ3) is 6.34. The first-order valence-electron chi connectivity index (χ1n) is 11.2. The molecule has 0 spiro atoms. The van der Waals surface area contributed by atoms with Gasteiger partial charge in [0.25, 0.3) is 0 Å². The minimum Gasteiger partial charge on any atom is -0.385 e. The van der Waals surface area contributed by atoms with Crippen LogP contribution in [0.25, 0.3) is 0 Å². The molecule has 31 heavy (non-hydrogen) atoms. The Morgan fingerprint density at radius 1 is 1.29 bits per heavy atom. The van der Waals surface area contributed by atoms with E-state index in [0.29, 0.717) is 11.7 Å². The number of anilines is 2. The molecule has 0 atom stereocenters. The standard InChI is InChI=1S/C25H34ClN3OS/c1-4-13-28-14-6-8-21-17-20(11-12-24(21)28)18-29(15-7-16-30-3)25(31)27-23-10-5-9-22(26)19(23)2/h5,9-12,17H,4,6-8,13-16,18H2,1-3H3,(H,27,31). The molecule has 1 aliphatic rings. The van der Waals surface area contributed by atoms with Gasteiger partial charge in [-0.2, -0.15) is 0 Å². The molecule has 2 aromatic rings. The molecule has 0 saturated heterocycles. The smallest absolute Gasteiger partial charge is 0.173 e. The van der Waals surface area contributed by atoms with Crippen LogP contribution in [0.3, 0.4) is 0 Å². The Bertz CT molecular complexity index is 889. The number of nitrogens with one attached hydrogen (secondary N) is 1. The molecule has 0 bridgehead atoms. The van der Waals surface area contributed by atoms with Crippen LogP contribution in [0, 0.1) is 6.92 Å². The SMILES string of the molecule is CCCN1CCCc2cc(CN(CCCOC)C(=S)Nc3cccc(Cl)c3C)ccc21. The second kappa shape index (κ2) is 11.7. The number of fused-ring (bicyclic) bond motifs is 1. The van der Waals surface area contributed by atoms with Gasteiger partial charge >= 0.3 is 0 Å². The molecule has 4 nitrogen and oxygen atoms in total. The molecule has 0 amide bonds. The van der Waals surface area contributed by atoms with E-state index >= 15 is 0 Å². The molecule has 2 aromatic carbocycles. The van der Waals surface area contributed by atoms with Crippen molar-refractivity contribution >= 4 is 40.3 Å². The molecule has 0 fully saturated rings. The molecule has 1 heterocycles. The number of ether oxygens (including phenoxy) is 1. The number of rotatable bonds is 9. The predicted octanol–water partition coefficient (Wildman–Crippen LogP) is 6.05.